The molecule has 0 spiro atoms. The van der Waals surface area contributed by atoms with Gasteiger partial charge in [0.1, 0.15) is 0 Å². The summed E-state index contributed by atoms with van der Waals surface area (Å²) in [6, 6.07) is 0.370. The van der Waals surface area contributed by atoms with E-state index in [0.717, 1.165) is 43.7 Å². The van der Waals surface area contributed by atoms with Gasteiger partial charge in [0.15, 0.2) is 0 Å². The number of rotatable bonds is 3. The van der Waals surface area contributed by atoms with Gasteiger partial charge in [-0.25, -0.2) is 0 Å². The Morgan fingerprint density at radius 2 is 2.00 bits per heavy atom. The van der Waals surface area contributed by atoms with Gasteiger partial charge in [-0.1, -0.05) is 13.3 Å². The fraction of sp³-hybridized carbons (Fsp3) is 0.938. The third kappa shape index (κ3) is 2.54. The molecule has 0 aromatic rings. The molecule has 0 radical (unpaired) electrons. The summed E-state index contributed by atoms with van der Waals surface area (Å²) in [5.74, 6) is 2.89. The standard InChI is InChI=1S/C16H28N2O/c1-11(14-10-12-3-4-13(14)9-12)18-15(19)16(2)5-7-17-8-6-16/h11-14,17H,3-10H2,1-2H3,(H,18,19). The number of hydrogen-bond acceptors (Lipinski definition) is 2. The molecule has 0 aromatic carbocycles. The van der Waals surface area contributed by atoms with E-state index in [1.165, 1.54) is 25.7 Å². The SMILES string of the molecule is CC(NC(=O)C1(C)CCNCC1)C1CC2CCC1C2. The lowest BCUT2D eigenvalue weighted by Crippen LogP contribution is -2.50. The molecule has 4 atom stereocenters. The number of piperidine rings is 1. The van der Waals surface area contributed by atoms with E-state index < -0.39 is 0 Å². The maximum absolute atomic E-state index is 12.6. The van der Waals surface area contributed by atoms with Crippen molar-refractivity contribution in [3.63, 3.8) is 0 Å². The highest BCUT2D eigenvalue weighted by Crippen LogP contribution is 2.49. The molecule has 0 aromatic heterocycles. The second kappa shape index (κ2) is 5.08. The van der Waals surface area contributed by atoms with E-state index in [-0.39, 0.29) is 5.41 Å². The van der Waals surface area contributed by atoms with Crippen LogP contribution in [0.5, 0.6) is 0 Å². The average Bonchev–Trinajstić information content (AvgIpc) is 3.01. The lowest BCUT2D eigenvalue weighted by molar-refractivity contribution is -0.132. The molecule has 2 N–H and O–H groups in total. The first-order valence-electron chi connectivity index (χ1n) is 8.10. The van der Waals surface area contributed by atoms with Crippen molar-refractivity contribution in [1.82, 2.24) is 10.6 Å². The van der Waals surface area contributed by atoms with Crippen LogP contribution in [0.25, 0.3) is 0 Å². The van der Waals surface area contributed by atoms with Gasteiger partial charge in [0.05, 0.1) is 0 Å². The molecule has 3 nitrogen and oxygen atoms in total. The third-order valence-electron chi connectivity index (χ3n) is 6.05. The monoisotopic (exact) mass is 264 g/mol. The molecule has 1 aliphatic heterocycles. The van der Waals surface area contributed by atoms with Crippen molar-refractivity contribution in [3.05, 3.63) is 0 Å². The second-order valence-corrected chi connectivity index (χ2v) is 7.41. The van der Waals surface area contributed by atoms with E-state index in [9.17, 15) is 4.79 Å². The van der Waals surface area contributed by atoms with Crippen LogP contribution in [0, 0.1) is 23.2 Å². The van der Waals surface area contributed by atoms with Crippen LogP contribution in [0.2, 0.25) is 0 Å². The molecule has 3 fully saturated rings. The van der Waals surface area contributed by atoms with Gasteiger partial charge in [-0.2, -0.15) is 0 Å². The lowest BCUT2D eigenvalue weighted by Gasteiger charge is -2.36. The van der Waals surface area contributed by atoms with Crippen molar-refractivity contribution >= 4 is 5.91 Å². The maximum Gasteiger partial charge on any atom is 0.226 e. The summed E-state index contributed by atoms with van der Waals surface area (Å²) in [4.78, 5) is 12.6. The molecule has 3 rings (SSSR count). The zero-order chi connectivity index (χ0) is 13.5. The van der Waals surface area contributed by atoms with Gasteiger partial charge < -0.3 is 10.6 Å². The molecule has 1 saturated heterocycles. The fourth-order valence-corrected chi connectivity index (χ4v) is 4.60. The summed E-state index contributed by atoms with van der Waals surface area (Å²) in [6.45, 7) is 6.32. The number of carbonyl (C=O) groups excluding carboxylic acids is 1. The van der Waals surface area contributed by atoms with Crippen molar-refractivity contribution in [3.8, 4) is 0 Å². The first-order chi connectivity index (χ1) is 9.08. The summed E-state index contributed by atoms with van der Waals surface area (Å²) >= 11 is 0. The van der Waals surface area contributed by atoms with Gasteiger partial charge in [-0.05, 0) is 69.9 Å². The first-order valence-corrected chi connectivity index (χ1v) is 8.10. The van der Waals surface area contributed by atoms with Gasteiger partial charge in [0.25, 0.3) is 0 Å². The molecule has 2 saturated carbocycles. The Kier molecular flexibility index (Phi) is 3.59. The highest BCUT2D eigenvalue weighted by atomic mass is 16.2. The molecule has 3 heteroatoms. The Labute approximate surface area is 116 Å². The predicted molar refractivity (Wildman–Crippen MR) is 76.8 cm³/mol. The van der Waals surface area contributed by atoms with Crippen LogP contribution in [-0.2, 0) is 4.79 Å². The molecule has 3 aliphatic rings. The average molecular weight is 264 g/mol. The Balaban J connectivity index is 1.57. The summed E-state index contributed by atoms with van der Waals surface area (Å²) < 4.78 is 0. The van der Waals surface area contributed by atoms with Crippen LogP contribution in [0.4, 0.5) is 0 Å². The minimum absolute atomic E-state index is 0.142. The quantitative estimate of drug-likeness (QED) is 0.821. The smallest absolute Gasteiger partial charge is 0.226 e. The Hall–Kier alpha value is -0.570. The molecule has 1 heterocycles. The summed E-state index contributed by atoms with van der Waals surface area (Å²) in [5, 5.41) is 6.70. The van der Waals surface area contributed by atoms with E-state index in [1.54, 1.807) is 0 Å². The van der Waals surface area contributed by atoms with Crippen molar-refractivity contribution < 1.29 is 4.79 Å². The molecular formula is C16H28N2O. The summed E-state index contributed by atoms with van der Waals surface area (Å²) in [7, 11) is 0. The maximum atomic E-state index is 12.6. The largest absolute Gasteiger partial charge is 0.353 e. The summed E-state index contributed by atoms with van der Waals surface area (Å²) in [6.07, 6.45) is 7.56. The van der Waals surface area contributed by atoms with Crippen LogP contribution in [0.15, 0.2) is 0 Å². The number of amides is 1. The van der Waals surface area contributed by atoms with Crippen LogP contribution >= 0.6 is 0 Å². The second-order valence-electron chi connectivity index (χ2n) is 7.41. The highest BCUT2D eigenvalue weighted by molar-refractivity contribution is 5.82. The number of fused-ring (bicyclic) bond motifs is 2. The zero-order valence-corrected chi connectivity index (χ0v) is 12.4. The third-order valence-corrected chi connectivity index (χ3v) is 6.05. The number of carbonyl (C=O) groups is 1. The Morgan fingerprint density at radius 1 is 1.26 bits per heavy atom. The van der Waals surface area contributed by atoms with E-state index >= 15 is 0 Å². The van der Waals surface area contributed by atoms with E-state index in [0.29, 0.717) is 11.9 Å². The molecule has 19 heavy (non-hydrogen) atoms. The molecule has 4 unspecified atom stereocenters. The Morgan fingerprint density at radius 3 is 2.58 bits per heavy atom. The van der Waals surface area contributed by atoms with Gasteiger partial charge in [0, 0.05) is 11.5 Å². The van der Waals surface area contributed by atoms with Gasteiger partial charge in [0.2, 0.25) is 5.91 Å². The van der Waals surface area contributed by atoms with E-state index in [4.69, 9.17) is 0 Å². The molecule has 108 valence electrons. The van der Waals surface area contributed by atoms with Gasteiger partial charge in [-0.3, -0.25) is 4.79 Å². The van der Waals surface area contributed by atoms with E-state index in [1.807, 2.05) is 0 Å². The normalized spacial score (nSPS) is 38.1. The van der Waals surface area contributed by atoms with Crippen molar-refractivity contribution in [2.75, 3.05) is 13.1 Å². The molecule has 2 aliphatic carbocycles. The topological polar surface area (TPSA) is 41.1 Å². The zero-order valence-electron chi connectivity index (χ0n) is 12.4. The van der Waals surface area contributed by atoms with Crippen molar-refractivity contribution in [2.45, 2.75) is 58.4 Å². The van der Waals surface area contributed by atoms with Gasteiger partial charge >= 0.3 is 0 Å². The fourth-order valence-electron chi connectivity index (χ4n) is 4.60. The minimum Gasteiger partial charge on any atom is -0.353 e. The Bertz CT molecular complexity index is 349. The highest BCUT2D eigenvalue weighted by Gasteiger charge is 2.43. The van der Waals surface area contributed by atoms with Crippen LogP contribution in [0.3, 0.4) is 0 Å². The van der Waals surface area contributed by atoms with Crippen molar-refractivity contribution in [2.24, 2.45) is 23.2 Å². The van der Waals surface area contributed by atoms with Crippen LogP contribution in [0.1, 0.15) is 52.4 Å². The van der Waals surface area contributed by atoms with Crippen molar-refractivity contribution in [1.29, 1.82) is 0 Å². The van der Waals surface area contributed by atoms with Crippen LogP contribution in [-0.4, -0.2) is 25.0 Å². The summed E-state index contributed by atoms with van der Waals surface area (Å²) in [5.41, 5.74) is -0.142. The van der Waals surface area contributed by atoms with Gasteiger partial charge in [-0.15, -0.1) is 0 Å². The van der Waals surface area contributed by atoms with Crippen LogP contribution < -0.4 is 10.6 Å². The predicted octanol–water partition coefficient (Wildman–Crippen LogP) is 2.32. The molecule has 2 bridgehead atoms. The molecular weight excluding hydrogens is 236 g/mol. The first kappa shape index (κ1) is 13.4. The van der Waals surface area contributed by atoms with E-state index in [2.05, 4.69) is 24.5 Å². The minimum atomic E-state index is -0.142. The number of hydrogen-bond donors (Lipinski definition) is 2. The number of nitrogens with one attached hydrogen (secondary N) is 2. The molecule has 1 amide bonds. The lowest BCUT2D eigenvalue weighted by atomic mass is 9.79.